The van der Waals surface area contributed by atoms with E-state index in [2.05, 4.69) is 19.4 Å². The molecule has 0 saturated carbocycles. The number of benzene rings is 1. The standard InChI is InChI=1S/C11H11N3O4S/c1-18-10(15)8-4-2-3-5-9(8)19(16,17)14-11-12-6-7-13-11/h2-7H,1H3,(H2,12,13,14). The smallest absolute Gasteiger partial charge is 0.339 e. The zero-order valence-electron chi connectivity index (χ0n) is 9.95. The normalized spacial score (nSPS) is 11.0. The van der Waals surface area contributed by atoms with Gasteiger partial charge >= 0.3 is 5.97 Å². The van der Waals surface area contributed by atoms with Crippen molar-refractivity contribution in [1.29, 1.82) is 0 Å². The van der Waals surface area contributed by atoms with Crippen LogP contribution in [-0.4, -0.2) is 31.5 Å². The topological polar surface area (TPSA) is 101 Å². The number of ether oxygens (including phenoxy) is 1. The summed E-state index contributed by atoms with van der Waals surface area (Å²) in [6.45, 7) is 0. The van der Waals surface area contributed by atoms with E-state index in [1.54, 1.807) is 6.07 Å². The van der Waals surface area contributed by atoms with Crippen molar-refractivity contribution in [3.63, 3.8) is 0 Å². The Kier molecular flexibility index (Phi) is 3.52. The second-order valence-corrected chi connectivity index (χ2v) is 5.18. The SMILES string of the molecule is COC(=O)c1ccccc1S(=O)(=O)Nc1ncc[nH]1. The van der Waals surface area contributed by atoms with Crippen LogP contribution in [0.4, 0.5) is 5.95 Å². The Labute approximate surface area is 109 Å². The highest BCUT2D eigenvalue weighted by atomic mass is 32.2. The lowest BCUT2D eigenvalue weighted by Crippen LogP contribution is -2.18. The van der Waals surface area contributed by atoms with E-state index < -0.39 is 16.0 Å². The largest absolute Gasteiger partial charge is 0.465 e. The van der Waals surface area contributed by atoms with Gasteiger partial charge in [-0.05, 0) is 12.1 Å². The fraction of sp³-hybridized carbons (Fsp3) is 0.0909. The number of anilines is 1. The summed E-state index contributed by atoms with van der Waals surface area (Å²) in [5.74, 6) is -0.653. The molecule has 0 aliphatic heterocycles. The lowest BCUT2D eigenvalue weighted by atomic mass is 10.2. The van der Waals surface area contributed by atoms with Crippen molar-refractivity contribution in [2.24, 2.45) is 0 Å². The van der Waals surface area contributed by atoms with Crippen molar-refractivity contribution < 1.29 is 17.9 Å². The van der Waals surface area contributed by atoms with Crippen LogP contribution in [0.2, 0.25) is 0 Å². The number of sulfonamides is 1. The molecule has 1 aromatic heterocycles. The number of hydrogen-bond donors (Lipinski definition) is 2. The van der Waals surface area contributed by atoms with E-state index in [9.17, 15) is 13.2 Å². The fourth-order valence-corrected chi connectivity index (χ4v) is 2.66. The van der Waals surface area contributed by atoms with Gasteiger partial charge in [0.25, 0.3) is 10.0 Å². The molecule has 0 radical (unpaired) electrons. The van der Waals surface area contributed by atoms with Crippen molar-refractivity contribution in [3.8, 4) is 0 Å². The Hall–Kier alpha value is -2.35. The maximum atomic E-state index is 12.2. The van der Waals surface area contributed by atoms with Crippen LogP contribution < -0.4 is 4.72 Å². The molecule has 7 nitrogen and oxygen atoms in total. The number of rotatable bonds is 4. The molecule has 0 fully saturated rings. The molecular weight excluding hydrogens is 270 g/mol. The monoisotopic (exact) mass is 281 g/mol. The van der Waals surface area contributed by atoms with Crippen LogP contribution in [-0.2, 0) is 14.8 Å². The summed E-state index contributed by atoms with van der Waals surface area (Å²) in [7, 11) is -2.73. The molecule has 1 heterocycles. The molecule has 0 spiro atoms. The van der Waals surface area contributed by atoms with E-state index in [0.717, 1.165) is 0 Å². The second kappa shape index (κ2) is 5.11. The first-order valence-electron chi connectivity index (χ1n) is 5.24. The first kappa shape index (κ1) is 13.1. The molecule has 0 amide bonds. The van der Waals surface area contributed by atoms with Crippen LogP contribution in [0.15, 0.2) is 41.6 Å². The highest BCUT2D eigenvalue weighted by molar-refractivity contribution is 7.92. The Balaban J connectivity index is 2.43. The molecule has 0 unspecified atom stereocenters. The van der Waals surface area contributed by atoms with Crippen LogP contribution >= 0.6 is 0 Å². The number of H-pyrrole nitrogens is 1. The van der Waals surface area contributed by atoms with Gasteiger partial charge in [-0.1, -0.05) is 12.1 Å². The van der Waals surface area contributed by atoms with Crippen LogP contribution in [0.1, 0.15) is 10.4 Å². The Morgan fingerprint density at radius 1 is 1.37 bits per heavy atom. The Morgan fingerprint density at radius 2 is 2.11 bits per heavy atom. The third kappa shape index (κ3) is 2.74. The van der Waals surface area contributed by atoms with Gasteiger partial charge in [0, 0.05) is 12.4 Å². The summed E-state index contributed by atoms with van der Waals surface area (Å²) in [4.78, 5) is 17.7. The van der Waals surface area contributed by atoms with Gasteiger partial charge in [-0.25, -0.2) is 22.9 Å². The van der Waals surface area contributed by atoms with Crippen molar-refractivity contribution in [2.75, 3.05) is 11.8 Å². The second-order valence-electron chi connectivity index (χ2n) is 3.53. The van der Waals surface area contributed by atoms with Gasteiger partial charge < -0.3 is 9.72 Å². The van der Waals surface area contributed by atoms with Crippen molar-refractivity contribution in [1.82, 2.24) is 9.97 Å². The summed E-state index contributed by atoms with van der Waals surface area (Å²) in [6, 6.07) is 5.77. The van der Waals surface area contributed by atoms with Crippen LogP contribution in [0.5, 0.6) is 0 Å². The molecule has 2 rings (SSSR count). The summed E-state index contributed by atoms with van der Waals surface area (Å²) in [5, 5.41) is 0. The molecule has 0 aliphatic carbocycles. The summed E-state index contributed by atoms with van der Waals surface area (Å²) in [6.07, 6.45) is 2.88. The van der Waals surface area contributed by atoms with Gasteiger partial charge in [0.2, 0.25) is 5.95 Å². The summed E-state index contributed by atoms with van der Waals surface area (Å²) in [5.41, 5.74) is -0.0379. The minimum Gasteiger partial charge on any atom is -0.465 e. The van der Waals surface area contributed by atoms with Crippen LogP contribution in [0, 0.1) is 0 Å². The zero-order valence-corrected chi connectivity index (χ0v) is 10.8. The first-order chi connectivity index (χ1) is 9.04. The predicted molar refractivity (Wildman–Crippen MR) is 67.2 cm³/mol. The number of methoxy groups -OCH3 is 1. The highest BCUT2D eigenvalue weighted by Crippen LogP contribution is 2.18. The number of carbonyl (C=O) groups excluding carboxylic acids is 1. The lowest BCUT2D eigenvalue weighted by molar-refractivity contribution is 0.0596. The van der Waals surface area contributed by atoms with E-state index in [4.69, 9.17) is 0 Å². The molecule has 0 aliphatic rings. The number of imidazole rings is 1. The number of nitrogens with zero attached hydrogens (tertiary/aromatic N) is 1. The minimum absolute atomic E-state index is 0.0379. The molecular formula is C11H11N3O4S. The van der Waals surface area contributed by atoms with E-state index in [1.807, 2.05) is 0 Å². The zero-order chi connectivity index (χ0) is 13.9. The van der Waals surface area contributed by atoms with Crippen LogP contribution in [0.3, 0.4) is 0 Å². The van der Waals surface area contributed by atoms with Gasteiger partial charge in [0.05, 0.1) is 12.7 Å². The quantitative estimate of drug-likeness (QED) is 0.814. The fourth-order valence-electron chi connectivity index (χ4n) is 1.48. The Morgan fingerprint density at radius 3 is 2.74 bits per heavy atom. The molecule has 0 atom stereocenters. The average molecular weight is 281 g/mol. The van der Waals surface area contributed by atoms with E-state index in [-0.39, 0.29) is 16.4 Å². The molecule has 2 N–H and O–H groups in total. The number of esters is 1. The van der Waals surface area contributed by atoms with Gasteiger partial charge in [-0.2, -0.15) is 0 Å². The molecule has 19 heavy (non-hydrogen) atoms. The number of carbonyl (C=O) groups is 1. The molecule has 0 bridgehead atoms. The van der Waals surface area contributed by atoms with Crippen LogP contribution in [0.25, 0.3) is 0 Å². The van der Waals surface area contributed by atoms with E-state index in [1.165, 1.54) is 37.7 Å². The van der Waals surface area contributed by atoms with E-state index in [0.29, 0.717) is 0 Å². The third-order valence-electron chi connectivity index (χ3n) is 2.31. The van der Waals surface area contributed by atoms with Gasteiger partial charge in [-0.15, -0.1) is 0 Å². The van der Waals surface area contributed by atoms with Crippen molar-refractivity contribution in [2.45, 2.75) is 4.90 Å². The molecule has 1 aromatic carbocycles. The number of aromatic nitrogens is 2. The number of nitrogens with one attached hydrogen (secondary N) is 2. The molecule has 8 heteroatoms. The molecule has 0 saturated heterocycles. The third-order valence-corrected chi connectivity index (χ3v) is 3.71. The predicted octanol–water partition coefficient (Wildman–Crippen LogP) is 0.997. The summed E-state index contributed by atoms with van der Waals surface area (Å²) < 4.78 is 31.1. The number of aromatic amines is 1. The molecule has 100 valence electrons. The van der Waals surface area contributed by atoms with Gasteiger partial charge in [-0.3, -0.25) is 0 Å². The van der Waals surface area contributed by atoms with Crippen molar-refractivity contribution in [3.05, 3.63) is 42.2 Å². The lowest BCUT2D eigenvalue weighted by Gasteiger charge is -2.09. The summed E-state index contributed by atoms with van der Waals surface area (Å²) >= 11 is 0. The maximum absolute atomic E-state index is 12.2. The van der Waals surface area contributed by atoms with Gasteiger partial charge in [0.1, 0.15) is 4.90 Å². The maximum Gasteiger partial charge on any atom is 0.339 e. The average Bonchev–Trinajstić information content (AvgIpc) is 2.90. The van der Waals surface area contributed by atoms with Gasteiger partial charge in [0.15, 0.2) is 0 Å². The minimum atomic E-state index is -3.91. The highest BCUT2D eigenvalue weighted by Gasteiger charge is 2.23. The van der Waals surface area contributed by atoms with E-state index >= 15 is 0 Å². The number of hydrogen-bond acceptors (Lipinski definition) is 5. The van der Waals surface area contributed by atoms with Crippen molar-refractivity contribution >= 4 is 21.9 Å². The molecule has 2 aromatic rings. The Bertz CT molecular complexity index is 680. The first-order valence-corrected chi connectivity index (χ1v) is 6.72.